The number of halogens is 2. The van der Waals surface area contributed by atoms with E-state index in [0.717, 1.165) is 24.2 Å². The predicted octanol–water partition coefficient (Wildman–Crippen LogP) is 3.91. The molecular formula is C18H22F2N2O3S. The van der Waals surface area contributed by atoms with Gasteiger partial charge in [0, 0.05) is 29.1 Å². The molecule has 26 heavy (non-hydrogen) atoms. The van der Waals surface area contributed by atoms with Gasteiger partial charge in [0.25, 0.3) is 0 Å². The SMILES string of the molecule is Cc1cc(NC2CCCC(S(C)(=O)=O)C2)c2cc(OC(F)F)ccc2n1. The fourth-order valence-corrected chi connectivity index (χ4v) is 4.69. The normalized spacial score (nSPS) is 21.1. The van der Waals surface area contributed by atoms with Crippen molar-refractivity contribution >= 4 is 26.4 Å². The molecule has 1 fully saturated rings. The average Bonchev–Trinajstić information content (AvgIpc) is 2.54. The minimum absolute atomic E-state index is 0.00754. The molecule has 142 valence electrons. The number of ether oxygens (including phenoxy) is 1. The largest absolute Gasteiger partial charge is 0.435 e. The van der Waals surface area contributed by atoms with Crippen LogP contribution in [0.2, 0.25) is 0 Å². The predicted molar refractivity (Wildman–Crippen MR) is 97.6 cm³/mol. The summed E-state index contributed by atoms with van der Waals surface area (Å²) >= 11 is 0. The van der Waals surface area contributed by atoms with E-state index in [9.17, 15) is 17.2 Å². The van der Waals surface area contributed by atoms with E-state index >= 15 is 0 Å². The molecular weight excluding hydrogens is 362 g/mol. The van der Waals surface area contributed by atoms with Crippen molar-refractivity contribution in [2.45, 2.75) is 50.5 Å². The van der Waals surface area contributed by atoms with Crippen molar-refractivity contribution in [3.05, 3.63) is 30.0 Å². The number of alkyl halides is 2. The van der Waals surface area contributed by atoms with Crippen molar-refractivity contribution in [2.24, 2.45) is 0 Å². The van der Waals surface area contributed by atoms with Gasteiger partial charge in [-0.2, -0.15) is 8.78 Å². The van der Waals surface area contributed by atoms with Gasteiger partial charge in [-0.25, -0.2) is 8.42 Å². The van der Waals surface area contributed by atoms with Gasteiger partial charge < -0.3 is 10.1 Å². The van der Waals surface area contributed by atoms with Gasteiger partial charge in [-0.15, -0.1) is 0 Å². The molecule has 8 heteroatoms. The molecule has 1 heterocycles. The molecule has 0 bridgehead atoms. The third kappa shape index (κ3) is 4.41. The standard InChI is InChI=1S/C18H22F2N2O3S/c1-11-8-17(22-12-4-3-5-14(9-12)26(2,23)24)15-10-13(25-18(19)20)6-7-16(15)21-11/h6-8,10,12,14,18H,3-5,9H2,1-2H3,(H,21,22). The van der Waals surface area contributed by atoms with Gasteiger partial charge in [-0.1, -0.05) is 6.42 Å². The maximum absolute atomic E-state index is 12.5. The minimum Gasteiger partial charge on any atom is -0.435 e. The van der Waals surface area contributed by atoms with Crippen LogP contribution in [0.5, 0.6) is 5.75 Å². The molecule has 3 rings (SSSR count). The number of nitrogens with zero attached hydrogens (tertiary/aromatic N) is 1. The molecule has 0 spiro atoms. The van der Waals surface area contributed by atoms with Gasteiger partial charge in [0.05, 0.1) is 10.8 Å². The van der Waals surface area contributed by atoms with Crippen LogP contribution in [0.3, 0.4) is 0 Å². The first kappa shape index (κ1) is 18.8. The number of rotatable bonds is 5. The maximum atomic E-state index is 12.5. The number of anilines is 1. The van der Waals surface area contributed by atoms with E-state index in [1.807, 2.05) is 13.0 Å². The lowest BCUT2D eigenvalue weighted by molar-refractivity contribution is -0.0497. The Bertz CT molecular complexity index is 903. The summed E-state index contributed by atoms with van der Waals surface area (Å²) in [4.78, 5) is 4.42. The van der Waals surface area contributed by atoms with Crippen molar-refractivity contribution in [3.63, 3.8) is 0 Å². The molecule has 1 saturated carbocycles. The van der Waals surface area contributed by atoms with E-state index in [0.29, 0.717) is 23.7 Å². The highest BCUT2D eigenvalue weighted by molar-refractivity contribution is 7.91. The first-order chi connectivity index (χ1) is 12.2. The number of sulfone groups is 1. The van der Waals surface area contributed by atoms with Gasteiger partial charge in [-0.3, -0.25) is 4.98 Å². The van der Waals surface area contributed by atoms with Crippen LogP contribution >= 0.6 is 0 Å². The summed E-state index contributed by atoms with van der Waals surface area (Å²) < 4.78 is 53.2. The lowest BCUT2D eigenvalue weighted by atomic mass is 9.94. The van der Waals surface area contributed by atoms with Gasteiger partial charge in [0.1, 0.15) is 15.6 Å². The number of benzene rings is 1. The molecule has 1 aliphatic rings. The Morgan fingerprint density at radius 1 is 1.27 bits per heavy atom. The molecule has 5 nitrogen and oxygen atoms in total. The van der Waals surface area contributed by atoms with Crippen molar-refractivity contribution < 1.29 is 21.9 Å². The van der Waals surface area contributed by atoms with E-state index < -0.39 is 16.4 Å². The summed E-state index contributed by atoms with van der Waals surface area (Å²) in [7, 11) is -3.08. The molecule has 1 aliphatic carbocycles. The summed E-state index contributed by atoms with van der Waals surface area (Å²) in [6, 6.07) is 6.50. The van der Waals surface area contributed by atoms with Crippen LogP contribution in [0.4, 0.5) is 14.5 Å². The number of hydrogen-bond donors (Lipinski definition) is 1. The Hall–Kier alpha value is -1.96. The lowest BCUT2D eigenvalue weighted by Gasteiger charge is -2.30. The molecule has 0 radical (unpaired) electrons. The van der Waals surface area contributed by atoms with Gasteiger partial charge in [0.15, 0.2) is 0 Å². The summed E-state index contributed by atoms with van der Waals surface area (Å²) in [6.07, 6.45) is 4.19. The van der Waals surface area contributed by atoms with Gasteiger partial charge in [0.2, 0.25) is 0 Å². The summed E-state index contributed by atoms with van der Waals surface area (Å²) in [5.74, 6) is 0.0684. The van der Waals surface area contributed by atoms with Crippen LogP contribution in [0, 0.1) is 6.92 Å². The van der Waals surface area contributed by atoms with E-state index in [-0.39, 0.29) is 17.0 Å². The number of fused-ring (bicyclic) bond motifs is 1. The summed E-state index contributed by atoms with van der Waals surface area (Å²) in [5, 5.41) is 3.73. The number of aryl methyl sites for hydroxylation is 1. The Balaban J connectivity index is 1.90. The van der Waals surface area contributed by atoms with Crippen LogP contribution < -0.4 is 10.1 Å². The fourth-order valence-electron chi connectivity index (χ4n) is 3.52. The number of nitrogens with one attached hydrogen (secondary N) is 1. The smallest absolute Gasteiger partial charge is 0.387 e. The third-order valence-corrected chi connectivity index (χ3v) is 6.36. The van der Waals surface area contributed by atoms with E-state index in [1.54, 1.807) is 6.07 Å². The summed E-state index contributed by atoms with van der Waals surface area (Å²) in [6.45, 7) is -1.04. The average molecular weight is 384 g/mol. The van der Waals surface area contributed by atoms with Gasteiger partial charge in [-0.05, 0) is 50.5 Å². The Labute approximate surface area is 151 Å². The second-order valence-electron chi connectivity index (χ2n) is 6.83. The maximum Gasteiger partial charge on any atom is 0.387 e. The lowest BCUT2D eigenvalue weighted by Crippen LogP contribution is -2.34. The molecule has 2 atom stereocenters. The van der Waals surface area contributed by atoms with Crippen molar-refractivity contribution in [2.75, 3.05) is 11.6 Å². The zero-order valence-electron chi connectivity index (χ0n) is 14.7. The van der Waals surface area contributed by atoms with Crippen molar-refractivity contribution in [1.29, 1.82) is 0 Å². The highest BCUT2D eigenvalue weighted by Crippen LogP contribution is 2.31. The van der Waals surface area contributed by atoms with Crippen LogP contribution in [0.25, 0.3) is 10.9 Å². The van der Waals surface area contributed by atoms with E-state index in [1.165, 1.54) is 18.4 Å². The summed E-state index contributed by atoms with van der Waals surface area (Å²) in [5.41, 5.74) is 2.22. The number of pyridine rings is 1. The zero-order valence-corrected chi connectivity index (χ0v) is 15.5. The minimum atomic E-state index is -3.08. The van der Waals surface area contributed by atoms with Crippen molar-refractivity contribution in [1.82, 2.24) is 4.98 Å². The zero-order chi connectivity index (χ0) is 18.9. The van der Waals surface area contributed by atoms with Crippen LogP contribution in [-0.4, -0.2) is 37.6 Å². The molecule has 2 unspecified atom stereocenters. The first-order valence-corrected chi connectivity index (χ1v) is 10.5. The van der Waals surface area contributed by atoms with Crippen LogP contribution in [-0.2, 0) is 9.84 Å². The molecule has 1 N–H and O–H groups in total. The molecule has 0 saturated heterocycles. The molecule has 0 amide bonds. The molecule has 1 aromatic carbocycles. The van der Waals surface area contributed by atoms with Crippen LogP contribution in [0.15, 0.2) is 24.3 Å². The second kappa shape index (κ2) is 7.34. The van der Waals surface area contributed by atoms with Crippen molar-refractivity contribution in [3.8, 4) is 5.75 Å². The fraction of sp³-hybridized carbons (Fsp3) is 0.500. The highest BCUT2D eigenvalue weighted by Gasteiger charge is 2.29. The Kier molecular flexibility index (Phi) is 5.32. The van der Waals surface area contributed by atoms with E-state index in [4.69, 9.17) is 0 Å². The topological polar surface area (TPSA) is 68.3 Å². The molecule has 0 aliphatic heterocycles. The number of aromatic nitrogens is 1. The van der Waals surface area contributed by atoms with E-state index in [2.05, 4.69) is 15.0 Å². The van der Waals surface area contributed by atoms with Crippen LogP contribution in [0.1, 0.15) is 31.4 Å². The molecule has 2 aromatic rings. The molecule has 1 aromatic heterocycles. The first-order valence-electron chi connectivity index (χ1n) is 8.54. The second-order valence-corrected chi connectivity index (χ2v) is 9.15. The highest BCUT2D eigenvalue weighted by atomic mass is 32.2. The third-order valence-electron chi connectivity index (χ3n) is 4.72. The monoisotopic (exact) mass is 384 g/mol. The van der Waals surface area contributed by atoms with Gasteiger partial charge >= 0.3 is 6.61 Å². The number of hydrogen-bond acceptors (Lipinski definition) is 5. The Morgan fingerprint density at radius 2 is 2.04 bits per heavy atom. The quantitative estimate of drug-likeness (QED) is 0.846. The Morgan fingerprint density at radius 3 is 2.73 bits per heavy atom.